The van der Waals surface area contributed by atoms with E-state index in [-0.39, 0.29) is 0 Å². The minimum absolute atomic E-state index is 0.764. The van der Waals surface area contributed by atoms with Gasteiger partial charge in [-0.2, -0.15) is 0 Å². The van der Waals surface area contributed by atoms with E-state index in [2.05, 4.69) is 20.2 Å². The van der Waals surface area contributed by atoms with Crippen molar-refractivity contribution >= 4 is 11.6 Å². The van der Waals surface area contributed by atoms with E-state index >= 15 is 0 Å². The Bertz CT molecular complexity index is 672. The molecule has 1 fully saturated rings. The van der Waals surface area contributed by atoms with Crippen molar-refractivity contribution in [3.63, 3.8) is 0 Å². The molecule has 1 saturated heterocycles. The number of anilines is 2. The second-order valence-corrected chi connectivity index (χ2v) is 5.81. The highest BCUT2D eigenvalue weighted by atomic mass is 16.5. The molecule has 6 nitrogen and oxygen atoms in total. The Balaban J connectivity index is 1.61. The number of hydrogen-bond donors (Lipinski definition) is 1. The number of aromatic nitrogens is 2. The van der Waals surface area contributed by atoms with Gasteiger partial charge in [0.15, 0.2) is 0 Å². The Kier molecular flexibility index (Phi) is 5.36. The van der Waals surface area contributed by atoms with Crippen molar-refractivity contribution < 1.29 is 9.47 Å². The molecule has 0 radical (unpaired) electrons. The van der Waals surface area contributed by atoms with Crippen molar-refractivity contribution in [2.45, 2.75) is 19.3 Å². The van der Waals surface area contributed by atoms with Gasteiger partial charge in [-0.1, -0.05) is 0 Å². The van der Waals surface area contributed by atoms with Gasteiger partial charge in [-0.15, -0.1) is 0 Å². The lowest BCUT2D eigenvalue weighted by molar-refractivity contribution is 0.399. The molecule has 6 heteroatoms. The summed E-state index contributed by atoms with van der Waals surface area (Å²) in [6, 6.07) is 7.87. The van der Waals surface area contributed by atoms with Gasteiger partial charge in [0.2, 0.25) is 0 Å². The average molecular weight is 328 g/mol. The molecule has 24 heavy (non-hydrogen) atoms. The van der Waals surface area contributed by atoms with Gasteiger partial charge in [-0.05, 0) is 43.0 Å². The molecule has 0 aliphatic carbocycles. The first-order valence-electron chi connectivity index (χ1n) is 8.32. The van der Waals surface area contributed by atoms with Gasteiger partial charge in [-0.3, -0.25) is 0 Å². The Morgan fingerprint density at radius 1 is 1.08 bits per heavy atom. The van der Waals surface area contributed by atoms with Crippen molar-refractivity contribution in [2.24, 2.45) is 0 Å². The van der Waals surface area contributed by atoms with Gasteiger partial charge in [-0.25, -0.2) is 9.97 Å². The molecule has 0 spiro atoms. The fraction of sp³-hybridized carbons (Fsp3) is 0.444. The molecule has 0 atom stereocenters. The first kappa shape index (κ1) is 16.4. The summed E-state index contributed by atoms with van der Waals surface area (Å²) in [5.74, 6) is 3.57. The van der Waals surface area contributed by atoms with Crippen LogP contribution in [0.15, 0.2) is 30.6 Å². The number of ether oxygens (including phenoxy) is 2. The summed E-state index contributed by atoms with van der Waals surface area (Å²) in [7, 11) is 3.36. The molecule has 2 heterocycles. The van der Waals surface area contributed by atoms with E-state index < -0.39 is 0 Å². The number of rotatable bonds is 7. The summed E-state index contributed by atoms with van der Waals surface area (Å²) < 4.78 is 10.7. The van der Waals surface area contributed by atoms with Crippen LogP contribution in [0.25, 0.3) is 0 Å². The fourth-order valence-corrected chi connectivity index (χ4v) is 2.97. The van der Waals surface area contributed by atoms with Crippen molar-refractivity contribution in [1.82, 2.24) is 9.97 Å². The predicted octanol–water partition coefficient (Wildman–Crippen LogP) is 2.75. The van der Waals surface area contributed by atoms with Gasteiger partial charge in [0, 0.05) is 25.7 Å². The van der Waals surface area contributed by atoms with Crippen molar-refractivity contribution in [3.05, 3.63) is 36.2 Å². The summed E-state index contributed by atoms with van der Waals surface area (Å²) in [6.45, 7) is 2.93. The van der Waals surface area contributed by atoms with E-state index in [1.54, 1.807) is 20.5 Å². The topological polar surface area (TPSA) is 59.5 Å². The molecule has 128 valence electrons. The Labute approximate surface area is 142 Å². The van der Waals surface area contributed by atoms with Gasteiger partial charge >= 0.3 is 0 Å². The maximum Gasteiger partial charge on any atom is 0.134 e. The van der Waals surface area contributed by atoms with Gasteiger partial charge < -0.3 is 19.7 Å². The highest BCUT2D eigenvalue weighted by Crippen LogP contribution is 2.24. The van der Waals surface area contributed by atoms with Gasteiger partial charge in [0.1, 0.15) is 29.5 Å². The first-order valence-corrected chi connectivity index (χ1v) is 8.32. The monoisotopic (exact) mass is 328 g/mol. The Morgan fingerprint density at radius 3 is 2.67 bits per heavy atom. The first-order chi connectivity index (χ1) is 11.8. The van der Waals surface area contributed by atoms with Crippen LogP contribution in [0.5, 0.6) is 11.5 Å². The van der Waals surface area contributed by atoms with Crippen LogP contribution < -0.4 is 19.7 Å². The zero-order chi connectivity index (χ0) is 16.8. The molecule has 0 amide bonds. The molecule has 1 aromatic carbocycles. The third kappa shape index (κ3) is 3.88. The van der Waals surface area contributed by atoms with Crippen LogP contribution in [0.3, 0.4) is 0 Å². The highest BCUT2D eigenvalue weighted by Gasteiger charge is 2.14. The van der Waals surface area contributed by atoms with E-state index in [9.17, 15) is 0 Å². The molecule has 1 aliphatic heterocycles. The standard InChI is InChI=1S/C18H24N4O2/c1-23-15-5-6-16(24-2)14(11-15)7-8-19-17-12-18(21-13-20-17)22-9-3-4-10-22/h5-6,11-13H,3-4,7-10H2,1-2H3,(H,19,20,21). The summed E-state index contributed by atoms with van der Waals surface area (Å²) in [5.41, 5.74) is 1.11. The normalized spacial score (nSPS) is 13.8. The van der Waals surface area contributed by atoms with Crippen LogP contribution in [0.1, 0.15) is 18.4 Å². The van der Waals surface area contributed by atoms with Crippen molar-refractivity contribution in [1.29, 1.82) is 0 Å². The van der Waals surface area contributed by atoms with Crippen LogP contribution in [0.4, 0.5) is 11.6 Å². The van der Waals surface area contributed by atoms with Crippen LogP contribution in [0.2, 0.25) is 0 Å². The third-order valence-electron chi connectivity index (χ3n) is 4.27. The zero-order valence-corrected chi connectivity index (χ0v) is 14.3. The molecule has 0 bridgehead atoms. The number of nitrogens with one attached hydrogen (secondary N) is 1. The Morgan fingerprint density at radius 2 is 1.92 bits per heavy atom. The minimum Gasteiger partial charge on any atom is -0.497 e. The average Bonchev–Trinajstić information content (AvgIpc) is 3.16. The molecular formula is C18H24N4O2. The number of hydrogen-bond acceptors (Lipinski definition) is 6. The molecule has 1 aromatic heterocycles. The van der Waals surface area contributed by atoms with Crippen molar-refractivity contribution in [3.8, 4) is 11.5 Å². The minimum atomic E-state index is 0.764. The second kappa shape index (κ2) is 7.86. The SMILES string of the molecule is COc1ccc(OC)c(CCNc2cc(N3CCCC3)ncn2)c1. The van der Waals surface area contributed by atoms with E-state index in [1.807, 2.05) is 24.3 Å². The molecule has 1 N–H and O–H groups in total. The van der Waals surface area contributed by atoms with E-state index in [0.717, 1.165) is 54.8 Å². The molecule has 3 rings (SSSR count). The largest absolute Gasteiger partial charge is 0.497 e. The van der Waals surface area contributed by atoms with E-state index in [1.165, 1.54) is 12.8 Å². The maximum atomic E-state index is 5.42. The fourth-order valence-electron chi connectivity index (χ4n) is 2.97. The number of nitrogens with zero attached hydrogens (tertiary/aromatic N) is 3. The third-order valence-corrected chi connectivity index (χ3v) is 4.27. The molecule has 0 unspecified atom stereocenters. The zero-order valence-electron chi connectivity index (χ0n) is 14.3. The van der Waals surface area contributed by atoms with Crippen LogP contribution in [0, 0.1) is 0 Å². The maximum absolute atomic E-state index is 5.42. The Hall–Kier alpha value is -2.50. The number of benzene rings is 1. The van der Waals surface area contributed by atoms with Crippen LogP contribution in [-0.4, -0.2) is 43.8 Å². The quantitative estimate of drug-likeness (QED) is 0.843. The summed E-state index contributed by atoms with van der Waals surface area (Å²) in [4.78, 5) is 11.0. The summed E-state index contributed by atoms with van der Waals surface area (Å²) in [5, 5.41) is 3.37. The van der Waals surface area contributed by atoms with E-state index in [0.29, 0.717) is 0 Å². The van der Waals surface area contributed by atoms with Crippen LogP contribution in [-0.2, 0) is 6.42 Å². The van der Waals surface area contributed by atoms with E-state index in [4.69, 9.17) is 9.47 Å². The predicted molar refractivity (Wildman–Crippen MR) is 95.2 cm³/mol. The lowest BCUT2D eigenvalue weighted by Crippen LogP contribution is -2.19. The second-order valence-electron chi connectivity index (χ2n) is 5.81. The highest BCUT2D eigenvalue weighted by molar-refractivity contribution is 5.49. The lowest BCUT2D eigenvalue weighted by atomic mass is 10.1. The molecule has 2 aromatic rings. The van der Waals surface area contributed by atoms with Gasteiger partial charge in [0.05, 0.1) is 14.2 Å². The summed E-state index contributed by atoms with van der Waals surface area (Å²) >= 11 is 0. The smallest absolute Gasteiger partial charge is 0.134 e. The molecular weight excluding hydrogens is 304 g/mol. The van der Waals surface area contributed by atoms with Crippen molar-refractivity contribution in [2.75, 3.05) is 44.1 Å². The molecule has 1 aliphatic rings. The number of methoxy groups -OCH3 is 2. The summed E-state index contributed by atoms with van der Waals surface area (Å²) in [6.07, 6.45) is 4.93. The lowest BCUT2D eigenvalue weighted by Gasteiger charge is -2.17. The molecule has 0 saturated carbocycles. The van der Waals surface area contributed by atoms with Gasteiger partial charge in [0.25, 0.3) is 0 Å². The van der Waals surface area contributed by atoms with Crippen LogP contribution >= 0.6 is 0 Å².